The fourth-order valence-corrected chi connectivity index (χ4v) is 5.65. The molecular formula is C21H25BrN2O3S. The molecule has 2 aromatic rings. The summed E-state index contributed by atoms with van der Waals surface area (Å²) in [7, 11) is -3.51. The van der Waals surface area contributed by atoms with Gasteiger partial charge in [0.15, 0.2) is 0 Å². The van der Waals surface area contributed by atoms with Crippen LogP contribution in [0.25, 0.3) is 0 Å². The van der Waals surface area contributed by atoms with Crippen molar-refractivity contribution in [2.24, 2.45) is 0 Å². The minimum atomic E-state index is -3.51. The summed E-state index contributed by atoms with van der Waals surface area (Å²) in [5, 5.41) is 0. The molecule has 7 heteroatoms. The van der Waals surface area contributed by atoms with Crippen LogP contribution >= 0.6 is 15.9 Å². The number of benzene rings is 2. The van der Waals surface area contributed by atoms with Gasteiger partial charge in [0, 0.05) is 35.4 Å². The van der Waals surface area contributed by atoms with Crippen LogP contribution in [-0.4, -0.2) is 38.3 Å². The lowest BCUT2D eigenvalue weighted by Crippen LogP contribution is -2.36. The Hall–Kier alpha value is -1.70. The highest BCUT2D eigenvalue weighted by Gasteiger charge is 2.28. The van der Waals surface area contributed by atoms with Gasteiger partial charge in [-0.1, -0.05) is 29.8 Å². The molecule has 1 aliphatic rings. The average molecular weight is 465 g/mol. The standard InChI is InChI=1S/C21H25BrN2O3S/c1-4-23(5-2)28(26,27)18-9-11-20-16(14-18)7-6-12-24(20)21(25)19-10-8-17(22)13-15(19)3/h8-11,13-14H,4-7,12H2,1-3H3. The topological polar surface area (TPSA) is 57.7 Å². The maximum absolute atomic E-state index is 13.2. The van der Waals surface area contributed by atoms with E-state index in [1.54, 1.807) is 23.1 Å². The largest absolute Gasteiger partial charge is 0.308 e. The third kappa shape index (κ3) is 3.88. The quantitative estimate of drug-likeness (QED) is 0.659. The van der Waals surface area contributed by atoms with Crippen molar-refractivity contribution in [1.82, 2.24) is 4.31 Å². The van der Waals surface area contributed by atoms with Crippen LogP contribution in [0.4, 0.5) is 5.69 Å². The maximum atomic E-state index is 13.2. The molecule has 0 spiro atoms. The molecule has 2 aromatic carbocycles. The molecule has 0 aromatic heterocycles. The van der Waals surface area contributed by atoms with Gasteiger partial charge >= 0.3 is 0 Å². The van der Waals surface area contributed by atoms with E-state index in [2.05, 4.69) is 15.9 Å². The van der Waals surface area contributed by atoms with Crippen molar-refractivity contribution in [3.63, 3.8) is 0 Å². The highest BCUT2D eigenvalue weighted by molar-refractivity contribution is 9.10. The predicted octanol–water partition coefficient (Wildman–Crippen LogP) is 4.38. The number of sulfonamides is 1. The van der Waals surface area contributed by atoms with Gasteiger partial charge in [-0.15, -0.1) is 0 Å². The number of hydrogen-bond acceptors (Lipinski definition) is 3. The van der Waals surface area contributed by atoms with Crippen LogP contribution in [0.5, 0.6) is 0 Å². The molecular weight excluding hydrogens is 440 g/mol. The molecule has 0 saturated heterocycles. The molecule has 0 unspecified atom stereocenters. The molecule has 1 heterocycles. The van der Waals surface area contributed by atoms with E-state index in [-0.39, 0.29) is 5.91 Å². The zero-order valence-electron chi connectivity index (χ0n) is 16.4. The summed E-state index contributed by atoms with van der Waals surface area (Å²) in [4.78, 5) is 15.2. The zero-order chi connectivity index (χ0) is 20.5. The molecule has 1 aliphatic heterocycles. The molecule has 3 rings (SSSR count). The normalized spacial score (nSPS) is 14.2. The monoisotopic (exact) mass is 464 g/mol. The number of nitrogens with zero attached hydrogens (tertiary/aromatic N) is 2. The fourth-order valence-electron chi connectivity index (χ4n) is 3.67. The first kappa shape index (κ1) is 21.0. The van der Waals surface area contributed by atoms with Gasteiger partial charge in [0.2, 0.25) is 10.0 Å². The second kappa shape index (κ2) is 8.35. The summed E-state index contributed by atoms with van der Waals surface area (Å²) in [6, 6.07) is 10.7. The Morgan fingerprint density at radius 2 is 1.86 bits per heavy atom. The third-order valence-corrected chi connectivity index (χ3v) is 7.72. The maximum Gasteiger partial charge on any atom is 0.258 e. The molecule has 0 fully saturated rings. The molecule has 28 heavy (non-hydrogen) atoms. The van der Waals surface area contributed by atoms with Crippen molar-refractivity contribution < 1.29 is 13.2 Å². The Kier molecular flexibility index (Phi) is 6.27. The van der Waals surface area contributed by atoms with Gasteiger partial charge in [0.25, 0.3) is 5.91 Å². The number of amides is 1. The van der Waals surface area contributed by atoms with Crippen LogP contribution in [0, 0.1) is 6.92 Å². The molecule has 0 bridgehead atoms. The summed E-state index contributed by atoms with van der Waals surface area (Å²) in [5.41, 5.74) is 3.28. The molecule has 0 N–H and O–H groups in total. The number of carbonyl (C=O) groups excluding carboxylic acids is 1. The number of halogens is 1. The molecule has 150 valence electrons. The number of fused-ring (bicyclic) bond motifs is 1. The number of carbonyl (C=O) groups is 1. The van der Waals surface area contributed by atoms with Crippen LogP contribution in [-0.2, 0) is 16.4 Å². The van der Waals surface area contributed by atoms with Crippen molar-refractivity contribution in [3.8, 4) is 0 Å². The molecule has 1 amide bonds. The lowest BCUT2D eigenvalue weighted by Gasteiger charge is -2.30. The molecule has 5 nitrogen and oxygen atoms in total. The molecule has 0 aliphatic carbocycles. The minimum Gasteiger partial charge on any atom is -0.308 e. The van der Waals surface area contributed by atoms with Crippen molar-refractivity contribution >= 4 is 37.5 Å². The summed E-state index contributed by atoms with van der Waals surface area (Å²) >= 11 is 3.43. The van der Waals surface area contributed by atoms with E-state index in [0.29, 0.717) is 30.1 Å². The average Bonchev–Trinajstić information content (AvgIpc) is 2.67. The lowest BCUT2D eigenvalue weighted by molar-refractivity contribution is 0.0984. The van der Waals surface area contributed by atoms with E-state index in [9.17, 15) is 13.2 Å². The fraction of sp³-hybridized carbons (Fsp3) is 0.381. The van der Waals surface area contributed by atoms with Crippen LogP contribution in [0.1, 0.15) is 41.8 Å². The Morgan fingerprint density at radius 3 is 2.50 bits per heavy atom. The van der Waals surface area contributed by atoms with E-state index in [1.807, 2.05) is 39.0 Å². The smallest absolute Gasteiger partial charge is 0.258 e. The van der Waals surface area contributed by atoms with Gasteiger partial charge in [-0.25, -0.2) is 8.42 Å². The minimum absolute atomic E-state index is 0.0506. The van der Waals surface area contributed by atoms with Gasteiger partial charge in [-0.05, 0) is 67.3 Å². The third-order valence-electron chi connectivity index (χ3n) is 5.18. The van der Waals surface area contributed by atoms with Crippen molar-refractivity contribution in [2.45, 2.75) is 38.5 Å². The summed E-state index contributed by atoms with van der Waals surface area (Å²) in [5.74, 6) is -0.0506. The summed E-state index contributed by atoms with van der Waals surface area (Å²) in [6.07, 6.45) is 1.57. The van der Waals surface area contributed by atoms with Gasteiger partial charge < -0.3 is 4.90 Å². The number of aryl methyl sites for hydroxylation is 2. The second-order valence-electron chi connectivity index (χ2n) is 6.90. The van der Waals surface area contributed by atoms with E-state index >= 15 is 0 Å². The first-order valence-corrected chi connectivity index (χ1v) is 11.7. The highest BCUT2D eigenvalue weighted by atomic mass is 79.9. The molecule has 0 atom stereocenters. The van der Waals surface area contributed by atoms with E-state index in [4.69, 9.17) is 0 Å². The van der Waals surface area contributed by atoms with Gasteiger partial charge in [0.05, 0.1) is 4.90 Å². The summed E-state index contributed by atoms with van der Waals surface area (Å²) in [6.45, 7) is 7.08. The van der Waals surface area contributed by atoms with Gasteiger partial charge in [0.1, 0.15) is 0 Å². The van der Waals surface area contributed by atoms with Crippen LogP contribution in [0.2, 0.25) is 0 Å². The predicted molar refractivity (Wildman–Crippen MR) is 115 cm³/mol. The van der Waals surface area contributed by atoms with Crippen molar-refractivity contribution in [2.75, 3.05) is 24.5 Å². The number of hydrogen-bond donors (Lipinski definition) is 0. The molecule has 0 radical (unpaired) electrons. The van der Waals surface area contributed by atoms with Crippen molar-refractivity contribution in [3.05, 3.63) is 57.6 Å². The second-order valence-corrected chi connectivity index (χ2v) is 9.75. The van der Waals surface area contributed by atoms with Gasteiger partial charge in [-0.3, -0.25) is 4.79 Å². The first-order valence-electron chi connectivity index (χ1n) is 9.50. The molecule has 0 saturated carbocycles. The SMILES string of the molecule is CCN(CC)S(=O)(=O)c1ccc2c(c1)CCCN2C(=O)c1ccc(Br)cc1C. The number of rotatable bonds is 5. The Bertz CT molecular complexity index is 1000. The van der Waals surface area contributed by atoms with Crippen LogP contribution in [0.3, 0.4) is 0 Å². The van der Waals surface area contributed by atoms with E-state index in [0.717, 1.165) is 34.1 Å². The Labute approximate surface area is 175 Å². The Balaban J connectivity index is 1.98. The van der Waals surface area contributed by atoms with Crippen molar-refractivity contribution in [1.29, 1.82) is 0 Å². The highest BCUT2D eigenvalue weighted by Crippen LogP contribution is 2.32. The lowest BCUT2D eigenvalue weighted by atomic mass is 10.00. The van der Waals surface area contributed by atoms with Gasteiger partial charge in [-0.2, -0.15) is 4.31 Å². The van der Waals surface area contributed by atoms with Crippen LogP contribution < -0.4 is 4.90 Å². The van der Waals surface area contributed by atoms with E-state index in [1.165, 1.54) is 4.31 Å². The first-order chi connectivity index (χ1) is 13.3. The Morgan fingerprint density at radius 1 is 1.14 bits per heavy atom. The summed E-state index contributed by atoms with van der Waals surface area (Å²) < 4.78 is 28.1. The number of anilines is 1. The van der Waals surface area contributed by atoms with Crippen LogP contribution in [0.15, 0.2) is 45.8 Å². The van der Waals surface area contributed by atoms with E-state index < -0.39 is 10.0 Å². The zero-order valence-corrected chi connectivity index (χ0v) is 18.8.